The number of hydrogen-bond donors (Lipinski definition) is 2. The van der Waals surface area contributed by atoms with Gasteiger partial charge in [0.25, 0.3) is 5.91 Å². The van der Waals surface area contributed by atoms with Gasteiger partial charge in [0.2, 0.25) is 0 Å². The molecule has 1 aromatic heterocycles. The van der Waals surface area contributed by atoms with Crippen molar-refractivity contribution in [2.75, 3.05) is 0 Å². The van der Waals surface area contributed by atoms with E-state index in [2.05, 4.69) is 42.4 Å². The molecular weight excluding hydrogens is 392 g/mol. The number of hydrogen-bond acceptors (Lipinski definition) is 4. The van der Waals surface area contributed by atoms with Gasteiger partial charge in [-0.25, -0.2) is 5.43 Å². The van der Waals surface area contributed by atoms with Gasteiger partial charge in [0.05, 0.1) is 10.7 Å². The maximum Gasteiger partial charge on any atom is 0.273 e. The molecule has 0 aliphatic rings. The van der Waals surface area contributed by atoms with Gasteiger partial charge in [-0.2, -0.15) is 5.10 Å². The van der Waals surface area contributed by atoms with E-state index in [1.54, 1.807) is 36.4 Å². The monoisotopic (exact) mass is 400 g/mol. The predicted octanol–water partition coefficient (Wildman–Crippen LogP) is 2.99. The summed E-state index contributed by atoms with van der Waals surface area (Å²) in [6, 6.07) is 10.3. The van der Waals surface area contributed by atoms with Crippen LogP contribution in [0.25, 0.3) is 0 Å². The van der Waals surface area contributed by atoms with E-state index < -0.39 is 12.0 Å². The smallest absolute Gasteiger partial charge is 0.273 e. The Bertz CT molecular complexity index is 606. The first-order chi connectivity index (χ1) is 9.58. The Kier molecular flexibility index (Phi) is 5.11. The standard InChI is InChI=1S/C13H10Br2N2O3/c14-10-6-9(20-12(10)15)7-16-17-13(19)11(18)8-4-2-1-3-5-8/h1-7,11,18H,(H,17,19)/b16-7-/t11-/m1/s1. The molecule has 1 aromatic carbocycles. The van der Waals surface area contributed by atoms with Crippen LogP contribution in [-0.2, 0) is 4.79 Å². The Labute approximate surface area is 131 Å². The molecule has 0 fully saturated rings. The number of aliphatic hydroxyl groups is 1. The average molecular weight is 402 g/mol. The number of aliphatic hydroxyl groups excluding tert-OH is 1. The molecule has 5 nitrogen and oxygen atoms in total. The highest BCUT2D eigenvalue weighted by atomic mass is 79.9. The van der Waals surface area contributed by atoms with Crippen LogP contribution in [-0.4, -0.2) is 17.2 Å². The minimum atomic E-state index is -1.26. The van der Waals surface area contributed by atoms with E-state index >= 15 is 0 Å². The third kappa shape index (κ3) is 3.78. The molecule has 20 heavy (non-hydrogen) atoms. The maximum absolute atomic E-state index is 11.7. The normalized spacial score (nSPS) is 12.6. The van der Waals surface area contributed by atoms with Crippen molar-refractivity contribution in [1.29, 1.82) is 0 Å². The highest BCUT2D eigenvalue weighted by molar-refractivity contribution is 9.13. The van der Waals surface area contributed by atoms with Crippen LogP contribution in [0.1, 0.15) is 17.4 Å². The van der Waals surface area contributed by atoms with Gasteiger partial charge in [-0.15, -0.1) is 0 Å². The number of benzene rings is 1. The molecule has 7 heteroatoms. The summed E-state index contributed by atoms with van der Waals surface area (Å²) in [5.41, 5.74) is 2.75. The fraction of sp³-hybridized carbons (Fsp3) is 0.0769. The molecule has 0 bridgehead atoms. The van der Waals surface area contributed by atoms with Crippen molar-refractivity contribution in [3.05, 3.63) is 56.9 Å². The second-order valence-corrected chi connectivity index (χ2v) is 5.39. The second kappa shape index (κ2) is 6.83. The van der Waals surface area contributed by atoms with E-state index in [1.165, 1.54) is 6.21 Å². The van der Waals surface area contributed by atoms with Gasteiger partial charge in [-0.05, 0) is 37.4 Å². The molecule has 1 heterocycles. The Morgan fingerprint density at radius 1 is 1.35 bits per heavy atom. The zero-order chi connectivity index (χ0) is 14.5. The fourth-order valence-corrected chi connectivity index (χ4v) is 2.04. The van der Waals surface area contributed by atoms with Crippen LogP contribution >= 0.6 is 31.9 Å². The number of halogens is 2. The lowest BCUT2D eigenvalue weighted by Crippen LogP contribution is -2.25. The number of amides is 1. The first kappa shape index (κ1) is 15.0. The summed E-state index contributed by atoms with van der Waals surface area (Å²) in [5.74, 6) is -0.157. The molecule has 0 saturated carbocycles. The summed E-state index contributed by atoms with van der Waals surface area (Å²) in [5, 5.41) is 13.5. The zero-order valence-corrected chi connectivity index (χ0v) is 13.3. The van der Waals surface area contributed by atoms with Gasteiger partial charge in [0.15, 0.2) is 10.8 Å². The van der Waals surface area contributed by atoms with Gasteiger partial charge in [-0.1, -0.05) is 30.3 Å². The molecule has 0 aliphatic carbocycles. The number of nitrogens with one attached hydrogen (secondary N) is 1. The number of furan rings is 1. The third-order valence-electron chi connectivity index (χ3n) is 2.39. The lowest BCUT2D eigenvalue weighted by atomic mass is 10.1. The topological polar surface area (TPSA) is 74.8 Å². The van der Waals surface area contributed by atoms with E-state index in [4.69, 9.17) is 4.42 Å². The molecule has 1 atom stereocenters. The van der Waals surface area contributed by atoms with E-state index in [1.807, 2.05) is 0 Å². The average Bonchev–Trinajstić information content (AvgIpc) is 2.77. The van der Waals surface area contributed by atoms with Crippen LogP contribution in [0.5, 0.6) is 0 Å². The van der Waals surface area contributed by atoms with E-state index in [9.17, 15) is 9.90 Å². The summed E-state index contributed by atoms with van der Waals surface area (Å²) in [6.45, 7) is 0. The SMILES string of the molecule is O=C(N/N=C\c1cc(Br)c(Br)o1)[C@H](O)c1ccccc1. The Morgan fingerprint density at radius 3 is 2.65 bits per heavy atom. The van der Waals surface area contributed by atoms with Crippen molar-refractivity contribution in [3.63, 3.8) is 0 Å². The Balaban J connectivity index is 1.95. The van der Waals surface area contributed by atoms with Crippen LogP contribution in [0.4, 0.5) is 0 Å². The molecule has 0 radical (unpaired) electrons. The lowest BCUT2D eigenvalue weighted by Gasteiger charge is -2.08. The van der Waals surface area contributed by atoms with E-state index in [0.29, 0.717) is 16.0 Å². The molecule has 0 unspecified atom stereocenters. The highest BCUT2D eigenvalue weighted by Gasteiger charge is 2.16. The maximum atomic E-state index is 11.7. The molecule has 2 aromatic rings. The molecule has 0 spiro atoms. The van der Waals surface area contributed by atoms with Crippen molar-refractivity contribution in [2.45, 2.75) is 6.10 Å². The molecule has 2 rings (SSSR count). The number of carbonyl (C=O) groups is 1. The predicted molar refractivity (Wildman–Crippen MR) is 81.2 cm³/mol. The number of rotatable bonds is 4. The number of carbonyl (C=O) groups excluding carboxylic acids is 1. The molecule has 104 valence electrons. The first-order valence-electron chi connectivity index (χ1n) is 5.58. The fourth-order valence-electron chi connectivity index (χ4n) is 1.43. The Hall–Kier alpha value is -1.44. The van der Waals surface area contributed by atoms with Crippen molar-refractivity contribution >= 4 is 44.0 Å². The summed E-state index contributed by atoms with van der Waals surface area (Å²) in [4.78, 5) is 11.7. The summed E-state index contributed by atoms with van der Waals surface area (Å²) in [7, 11) is 0. The Morgan fingerprint density at radius 2 is 2.05 bits per heavy atom. The minimum absolute atomic E-state index is 0.457. The van der Waals surface area contributed by atoms with Crippen LogP contribution in [0.15, 0.2) is 55.1 Å². The molecular formula is C13H10Br2N2O3. The van der Waals surface area contributed by atoms with Gasteiger partial charge < -0.3 is 9.52 Å². The summed E-state index contributed by atoms with van der Waals surface area (Å²) < 4.78 is 6.53. The second-order valence-electron chi connectivity index (χ2n) is 3.82. The van der Waals surface area contributed by atoms with Crippen molar-refractivity contribution in [1.82, 2.24) is 5.43 Å². The number of hydrazone groups is 1. The minimum Gasteiger partial charge on any atom is -0.447 e. The largest absolute Gasteiger partial charge is 0.447 e. The summed E-state index contributed by atoms with van der Waals surface area (Å²) >= 11 is 6.45. The molecule has 0 aliphatic heterocycles. The number of nitrogens with zero attached hydrogens (tertiary/aromatic N) is 1. The van der Waals surface area contributed by atoms with Crippen molar-refractivity contribution < 1.29 is 14.3 Å². The molecule has 0 saturated heterocycles. The van der Waals surface area contributed by atoms with Crippen molar-refractivity contribution in [2.24, 2.45) is 5.10 Å². The van der Waals surface area contributed by atoms with E-state index in [-0.39, 0.29) is 0 Å². The van der Waals surface area contributed by atoms with Crippen molar-refractivity contribution in [3.8, 4) is 0 Å². The third-order valence-corrected chi connectivity index (χ3v) is 4.10. The molecule has 1 amide bonds. The van der Waals surface area contributed by atoms with Crippen LogP contribution < -0.4 is 5.43 Å². The molecule has 2 N–H and O–H groups in total. The first-order valence-corrected chi connectivity index (χ1v) is 7.17. The van der Waals surface area contributed by atoms with Crippen LogP contribution in [0.3, 0.4) is 0 Å². The van der Waals surface area contributed by atoms with Gasteiger partial charge in [-0.3, -0.25) is 4.79 Å². The van der Waals surface area contributed by atoms with E-state index in [0.717, 1.165) is 4.47 Å². The lowest BCUT2D eigenvalue weighted by molar-refractivity contribution is -0.129. The zero-order valence-electron chi connectivity index (χ0n) is 10.1. The van der Waals surface area contributed by atoms with Gasteiger partial charge in [0.1, 0.15) is 5.76 Å². The van der Waals surface area contributed by atoms with Crippen LogP contribution in [0, 0.1) is 0 Å². The quantitative estimate of drug-likeness (QED) is 0.610. The summed E-state index contributed by atoms with van der Waals surface area (Å²) in [6.07, 6.45) is 0.0777. The highest BCUT2D eigenvalue weighted by Crippen LogP contribution is 2.25. The van der Waals surface area contributed by atoms with Gasteiger partial charge in [0, 0.05) is 6.07 Å². The van der Waals surface area contributed by atoms with Gasteiger partial charge >= 0.3 is 0 Å². The van der Waals surface area contributed by atoms with Crippen LogP contribution in [0.2, 0.25) is 0 Å².